The lowest BCUT2D eigenvalue weighted by molar-refractivity contribution is -0.283. The molecule has 4 nitrogen and oxygen atoms in total. The van der Waals surface area contributed by atoms with E-state index >= 15 is 4.39 Å². The Morgan fingerprint density at radius 3 is 2.14 bits per heavy atom. The second kappa shape index (κ2) is 18.2. The molecule has 0 amide bonds. The third kappa shape index (κ3) is 10.1. The summed E-state index contributed by atoms with van der Waals surface area (Å²) in [4.78, 5) is 0. The van der Waals surface area contributed by atoms with Crippen LogP contribution in [0.2, 0.25) is 0 Å². The standard InChI is InChI=1S/C46H61FO4/c1-6-8-9-12-33-15-17-34(18-16-33)35-19-21-36(22-20-35)37-23-24-42(44(47)30-37)43-29-38(13-10-27-48)40(41(14-11-28-49)39(43)7-2)25-26-46(5)31-50-45(3,4)51-32-46/h19-24,29-30,33-34,48-49H,6-10,12-13,15-18,25-28,31-32H2,1-5H3. The highest BCUT2D eigenvalue weighted by Gasteiger charge is 2.36. The van der Waals surface area contributed by atoms with Gasteiger partial charge in [0.2, 0.25) is 0 Å². The van der Waals surface area contributed by atoms with Crippen molar-refractivity contribution >= 4 is 0 Å². The smallest absolute Gasteiger partial charge is 0.162 e. The van der Waals surface area contributed by atoms with Crippen LogP contribution in [0, 0.1) is 29.0 Å². The number of aliphatic hydroxyl groups is 2. The molecule has 2 fully saturated rings. The second-order valence-corrected chi connectivity index (χ2v) is 15.9. The van der Waals surface area contributed by atoms with Gasteiger partial charge in [0.25, 0.3) is 0 Å². The zero-order valence-electron chi connectivity index (χ0n) is 31.9. The van der Waals surface area contributed by atoms with E-state index in [2.05, 4.69) is 62.9 Å². The highest BCUT2D eigenvalue weighted by molar-refractivity contribution is 5.76. The average Bonchev–Trinajstić information content (AvgIpc) is 3.14. The van der Waals surface area contributed by atoms with Gasteiger partial charge in [0, 0.05) is 23.1 Å². The van der Waals surface area contributed by atoms with Gasteiger partial charge in [-0.05, 0) is 128 Å². The number of hydrogen-bond donors (Lipinski definition) is 2. The monoisotopic (exact) mass is 696 g/mol. The first-order chi connectivity index (χ1) is 24.6. The Bertz CT molecular complexity index is 1630. The summed E-state index contributed by atoms with van der Waals surface area (Å²) in [6, 6.07) is 16.5. The number of aryl methyl sites for hydroxylation is 1. The SMILES string of the molecule is CCCCCC1CCC(c2ccc(-c3ccc(-c4cc(CCCO)c(CCC5(C)COC(C)(C)OC5)c(C#CCO)c4CC)c(F)c3)cc2)CC1. The maximum absolute atomic E-state index is 16.3. The maximum Gasteiger partial charge on any atom is 0.162 e. The van der Waals surface area contributed by atoms with Crippen molar-refractivity contribution in [2.75, 3.05) is 26.4 Å². The minimum absolute atomic E-state index is 0.0680. The van der Waals surface area contributed by atoms with Crippen LogP contribution >= 0.6 is 0 Å². The van der Waals surface area contributed by atoms with E-state index in [1.807, 2.05) is 26.0 Å². The minimum atomic E-state index is -0.587. The van der Waals surface area contributed by atoms with Crippen LogP contribution in [-0.4, -0.2) is 42.4 Å². The zero-order valence-corrected chi connectivity index (χ0v) is 31.9. The average molecular weight is 697 g/mol. The molecule has 0 spiro atoms. The quantitative estimate of drug-likeness (QED) is 0.130. The molecular weight excluding hydrogens is 636 g/mol. The number of unbranched alkanes of at least 4 members (excludes halogenated alkanes) is 2. The molecule has 3 aromatic rings. The van der Waals surface area contributed by atoms with Crippen molar-refractivity contribution in [3.05, 3.63) is 82.2 Å². The molecule has 1 aliphatic heterocycles. The first-order valence-corrected chi connectivity index (χ1v) is 19.7. The molecule has 0 radical (unpaired) electrons. The first kappa shape index (κ1) is 39.2. The van der Waals surface area contributed by atoms with Crippen molar-refractivity contribution in [1.82, 2.24) is 0 Å². The maximum atomic E-state index is 16.3. The van der Waals surface area contributed by atoms with E-state index in [-0.39, 0.29) is 24.4 Å². The summed E-state index contributed by atoms with van der Waals surface area (Å²) in [5.74, 6) is 6.84. The van der Waals surface area contributed by atoms with Gasteiger partial charge in [-0.25, -0.2) is 4.39 Å². The van der Waals surface area contributed by atoms with Gasteiger partial charge in [0.15, 0.2) is 5.79 Å². The summed E-state index contributed by atoms with van der Waals surface area (Å²) in [6.07, 6.45) is 14.1. The van der Waals surface area contributed by atoms with Crippen LogP contribution in [0.4, 0.5) is 4.39 Å². The van der Waals surface area contributed by atoms with Crippen molar-refractivity contribution < 1.29 is 24.1 Å². The topological polar surface area (TPSA) is 58.9 Å². The molecular formula is C46H61FO4. The Morgan fingerprint density at radius 2 is 1.51 bits per heavy atom. The van der Waals surface area contributed by atoms with E-state index in [9.17, 15) is 10.2 Å². The van der Waals surface area contributed by atoms with Gasteiger partial charge in [-0.3, -0.25) is 0 Å². The van der Waals surface area contributed by atoms with Gasteiger partial charge < -0.3 is 19.7 Å². The van der Waals surface area contributed by atoms with E-state index in [0.29, 0.717) is 44.0 Å². The van der Waals surface area contributed by atoms with Crippen LogP contribution in [0.1, 0.15) is 133 Å². The van der Waals surface area contributed by atoms with Gasteiger partial charge in [-0.15, -0.1) is 0 Å². The Kier molecular flexibility index (Phi) is 14.0. The molecule has 1 aliphatic carbocycles. The summed E-state index contributed by atoms with van der Waals surface area (Å²) in [5, 5.41) is 19.5. The Labute approximate surface area is 307 Å². The van der Waals surface area contributed by atoms with Crippen molar-refractivity contribution in [3.8, 4) is 34.1 Å². The van der Waals surface area contributed by atoms with Crippen molar-refractivity contribution in [2.24, 2.45) is 11.3 Å². The molecule has 0 atom stereocenters. The van der Waals surface area contributed by atoms with Crippen LogP contribution in [-0.2, 0) is 28.7 Å². The van der Waals surface area contributed by atoms with Gasteiger partial charge in [0.05, 0.1) is 13.2 Å². The fraction of sp³-hybridized carbons (Fsp3) is 0.565. The third-order valence-electron chi connectivity index (χ3n) is 11.4. The molecule has 3 aromatic carbocycles. The summed E-state index contributed by atoms with van der Waals surface area (Å²) < 4.78 is 28.3. The van der Waals surface area contributed by atoms with Crippen LogP contribution in [0.3, 0.4) is 0 Å². The molecule has 276 valence electrons. The molecule has 5 rings (SSSR count). The van der Waals surface area contributed by atoms with Gasteiger partial charge in [0.1, 0.15) is 12.4 Å². The number of benzene rings is 3. The molecule has 5 heteroatoms. The second-order valence-electron chi connectivity index (χ2n) is 15.9. The van der Waals surface area contributed by atoms with E-state index in [1.54, 1.807) is 6.07 Å². The predicted molar refractivity (Wildman–Crippen MR) is 207 cm³/mol. The van der Waals surface area contributed by atoms with E-state index in [0.717, 1.165) is 57.7 Å². The molecule has 2 N–H and O–H groups in total. The first-order valence-electron chi connectivity index (χ1n) is 19.7. The van der Waals surface area contributed by atoms with Crippen molar-refractivity contribution in [2.45, 2.75) is 130 Å². The molecule has 51 heavy (non-hydrogen) atoms. The zero-order chi connectivity index (χ0) is 36.4. The fourth-order valence-corrected chi connectivity index (χ4v) is 8.17. The number of rotatable bonds is 14. The Morgan fingerprint density at radius 1 is 0.804 bits per heavy atom. The van der Waals surface area contributed by atoms with E-state index in [1.165, 1.54) is 56.9 Å². The van der Waals surface area contributed by atoms with E-state index in [4.69, 9.17) is 9.47 Å². The molecule has 2 aliphatic rings. The van der Waals surface area contributed by atoms with Crippen molar-refractivity contribution in [3.63, 3.8) is 0 Å². The lowest BCUT2D eigenvalue weighted by Gasteiger charge is -2.41. The van der Waals surface area contributed by atoms with Gasteiger partial charge >= 0.3 is 0 Å². The normalized spacial score (nSPS) is 19.8. The Balaban J connectivity index is 1.40. The predicted octanol–water partition coefficient (Wildman–Crippen LogP) is 10.6. The lowest BCUT2D eigenvalue weighted by atomic mass is 9.77. The number of halogens is 1. The van der Waals surface area contributed by atoms with Crippen molar-refractivity contribution in [1.29, 1.82) is 0 Å². The van der Waals surface area contributed by atoms with Crippen LogP contribution in [0.25, 0.3) is 22.3 Å². The largest absolute Gasteiger partial charge is 0.396 e. The molecule has 0 unspecified atom stereocenters. The fourth-order valence-electron chi connectivity index (χ4n) is 8.17. The van der Waals surface area contributed by atoms with Gasteiger partial charge in [-0.2, -0.15) is 0 Å². The molecule has 0 aromatic heterocycles. The van der Waals surface area contributed by atoms with E-state index < -0.39 is 5.79 Å². The Hall–Kier alpha value is -3.01. The van der Waals surface area contributed by atoms with Crippen LogP contribution in [0.5, 0.6) is 0 Å². The van der Waals surface area contributed by atoms with Crippen LogP contribution in [0.15, 0.2) is 48.5 Å². The summed E-state index contributed by atoms with van der Waals surface area (Å²) in [6.45, 7) is 11.4. The highest BCUT2D eigenvalue weighted by atomic mass is 19.1. The number of hydrogen-bond acceptors (Lipinski definition) is 4. The third-order valence-corrected chi connectivity index (χ3v) is 11.4. The molecule has 0 bridgehead atoms. The molecule has 1 saturated carbocycles. The van der Waals surface area contributed by atoms with Crippen LogP contribution < -0.4 is 0 Å². The minimum Gasteiger partial charge on any atom is -0.396 e. The summed E-state index contributed by atoms with van der Waals surface area (Å²) in [5.41, 5.74) is 8.54. The summed E-state index contributed by atoms with van der Waals surface area (Å²) >= 11 is 0. The summed E-state index contributed by atoms with van der Waals surface area (Å²) in [7, 11) is 0. The molecule has 1 saturated heterocycles. The highest BCUT2D eigenvalue weighted by Crippen LogP contribution is 2.40. The lowest BCUT2D eigenvalue weighted by Crippen LogP contribution is -2.45. The number of ether oxygens (including phenoxy) is 2. The number of aliphatic hydroxyl groups excluding tert-OH is 2. The molecule has 1 heterocycles. The van der Waals surface area contributed by atoms with Gasteiger partial charge in [-0.1, -0.05) is 101 Å².